The highest BCUT2D eigenvalue weighted by molar-refractivity contribution is 5.96. The van der Waals surface area contributed by atoms with Crippen LogP contribution in [0.4, 0.5) is 30.6 Å². The topological polar surface area (TPSA) is 141 Å². The number of ether oxygens (including phenoxy) is 4. The number of hydrogen-bond acceptors (Lipinski definition) is 13. The first-order valence-corrected chi connectivity index (χ1v) is 24.5. The van der Waals surface area contributed by atoms with Crippen molar-refractivity contribution < 1.29 is 42.2 Å². The first-order chi connectivity index (χ1) is 33.9. The van der Waals surface area contributed by atoms with Gasteiger partial charge in [-0.2, -0.15) is 5.01 Å². The molecule has 2 N–H and O–H groups in total. The van der Waals surface area contributed by atoms with E-state index in [1.165, 1.54) is 12.1 Å². The summed E-state index contributed by atoms with van der Waals surface area (Å²) in [4.78, 5) is 26.3. The molecule has 0 radical (unpaired) electrons. The van der Waals surface area contributed by atoms with Crippen molar-refractivity contribution in [3.63, 3.8) is 0 Å². The Bertz CT molecular complexity index is 2550. The predicted octanol–water partition coefficient (Wildman–Crippen LogP) is 8.50. The number of anilines is 3. The average molecular weight is 963 g/mol. The van der Waals surface area contributed by atoms with Crippen molar-refractivity contribution in [1.29, 1.82) is 0 Å². The third kappa shape index (κ3) is 10.6. The quantitative estimate of drug-likeness (QED) is 0.0723. The molecule has 17 heteroatoms. The number of aliphatic imine (C=N–C) groups is 1. The van der Waals surface area contributed by atoms with Crippen LogP contribution in [-0.4, -0.2) is 110 Å². The number of hydrogen-bond donors (Lipinski definition) is 2. The number of nitrogens with zero attached hydrogens (tertiary/aromatic N) is 7. The number of urea groups is 1. The zero-order valence-corrected chi connectivity index (χ0v) is 40.4. The normalized spacial score (nSPS) is 22.7. The molecule has 4 aliphatic rings. The molecule has 0 spiro atoms. The zero-order chi connectivity index (χ0) is 48.8. The zero-order valence-electron chi connectivity index (χ0n) is 40.4. The van der Waals surface area contributed by atoms with E-state index in [4.69, 9.17) is 23.5 Å². The molecule has 2 amide bonds. The largest absolute Gasteiger partial charge is 0.494 e. The molecule has 2 unspecified atom stereocenters. The number of halogens is 2. The van der Waals surface area contributed by atoms with Gasteiger partial charge in [-0.25, -0.2) is 13.6 Å². The minimum Gasteiger partial charge on any atom is -0.494 e. The van der Waals surface area contributed by atoms with Crippen LogP contribution in [0, 0.1) is 18.6 Å². The van der Waals surface area contributed by atoms with Crippen LogP contribution >= 0.6 is 0 Å². The second-order valence-corrected chi connectivity index (χ2v) is 18.9. The molecule has 70 heavy (non-hydrogen) atoms. The molecule has 4 aromatic carbocycles. The summed E-state index contributed by atoms with van der Waals surface area (Å²) in [6.07, 6.45) is 7.08. The fraction of sp³-hybridized carbons (Fsp3) is 0.453. The van der Waals surface area contributed by atoms with E-state index >= 15 is 4.39 Å². The number of nitrogens with one attached hydrogen (secondary N) is 1. The van der Waals surface area contributed by atoms with Crippen molar-refractivity contribution in [2.45, 2.75) is 95.9 Å². The summed E-state index contributed by atoms with van der Waals surface area (Å²) in [6.45, 7) is 12.2. The van der Waals surface area contributed by atoms with Gasteiger partial charge in [-0.1, -0.05) is 42.6 Å². The van der Waals surface area contributed by atoms with Crippen LogP contribution in [0.15, 0.2) is 107 Å². The van der Waals surface area contributed by atoms with Crippen LogP contribution in [0.5, 0.6) is 11.5 Å². The Morgan fingerprint density at radius 1 is 0.829 bits per heavy atom. The Morgan fingerprint density at radius 3 is 2.11 bits per heavy atom. The van der Waals surface area contributed by atoms with Gasteiger partial charge in [0.1, 0.15) is 47.8 Å². The number of carbonyl (C=O) groups excluding carboxylic acids is 1. The average Bonchev–Trinajstić information content (AvgIpc) is 4.17. The van der Waals surface area contributed by atoms with Gasteiger partial charge in [-0.05, 0) is 107 Å². The summed E-state index contributed by atoms with van der Waals surface area (Å²) in [5, 5.41) is 18.2. The summed E-state index contributed by atoms with van der Waals surface area (Å²) < 4.78 is 58.6. The first kappa shape index (κ1) is 48.7. The number of aryl methyl sites for hydroxylation is 2. The fourth-order valence-corrected chi connectivity index (χ4v) is 10.1. The summed E-state index contributed by atoms with van der Waals surface area (Å²) in [5.41, 5.74) is 4.86. The third-order valence-corrected chi connectivity index (χ3v) is 13.7. The predicted molar refractivity (Wildman–Crippen MR) is 263 cm³/mol. The van der Waals surface area contributed by atoms with Gasteiger partial charge in [0.25, 0.3) is 0 Å². The maximum absolute atomic E-state index is 15.1. The highest BCUT2D eigenvalue weighted by atomic mass is 19.1. The van der Waals surface area contributed by atoms with Crippen LogP contribution in [0.1, 0.15) is 75.5 Å². The van der Waals surface area contributed by atoms with Crippen molar-refractivity contribution in [3.05, 3.63) is 131 Å². The third-order valence-electron chi connectivity index (χ3n) is 13.7. The molecule has 15 nitrogen and oxygen atoms in total. The first-order valence-electron chi connectivity index (χ1n) is 24.5. The SMILES string of the molecule is Cc1cc(CCCCCCCOc2ccc(C3(O)C(C)N(c4ccc(N5CCN(c6ccc(OC[C@H]7OC[C@](CN8CN=CN8)(c8ccc(F)cc8F)O7)cc6)CC5)cc4)C(=O)N3C(C)C)cc2)on1. The molecule has 9 rings (SSSR count). The van der Waals surface area contributed by atoms with Crippen molar-refractivity contribution in [3.8, 4) is 11.5 Å². The summed E-state index contributed by atoms with van der Waals surface area (Å²) in [7, 11) is 0. The maximum atomic E-state index is 15.1. The lowest BCUT2D eigenvalue weighted by Crippen LogP contribution is -2.50. The van der Waals surface area contributed by atoms with Crippen molar-refractivity contribution in [1.82, 2.24) is 20.5 Å². The van der Waals surface area contributed by atoms with Gasteiger partial charge in [0.15, 0.2) is 12.0 Å². The van der Waals surface area contributed by atoms with Crippen LogP contribution < -0.4 is 29.6 Å². The summed E-state index contributed by atoms with van der Waals surface area (Å²) in [5.74, 6) is 0.947. The lowest BCUT2D eigenvalue weighted by Gasteiger charge is -2.38. The highest BCUT2D eigenvalue weighted by Gasteiger charge is 2.57. The number of unbranched alkanes of at least 4 members (excludes halogenated alkanes) is 4. The van der Waals surface area contributed by atoms with Gasteiger partial charge in [0, 0.05) is 79.0 Å². The van der Waals surface area contributed by atoms with E-state index in [0.717, 1.165) is 105 Å². The van der Waals surface area contributed by atoms with Crippen molar-refractivity contribution in [2.24, 2.45) is 4.99 Å². The molecule has 4 aliphatic heterocycles. The van der Waals surface area contributed by atoms with Gasteiger partial charge >= 0.3 is 6.03 Å². The Kier molecular flexibility index (Phi) is 14.9. The smallest absolute Gasteiger partial charge is 0.327 e. The fourth-order valence-electron chi connectivity index (χ4n) is 10.1. The second-order valence-electron chi connectivity index (χ2n) is 18.9. The van der Waals surface area contributed by atoms with E-state index in [0.29, 0.717) is 24.6 Å². The van der Waals surface area contributed by atoms with Crippen LogP contribution in [-0.2, 0) is 27.2 Å². The van der Waals surface area contributed by atoms with Gasteiger partial charge in [0.05, 0.1) is 37.8 Å². The number of amides is 2. The van der Waals surface area contributed by atoms with Gasteiger partial charge < -0.3 is 43.8 Å². The molecule has 3 fully saturated rings. The van der Waals surface area contributed by atoms with E-state index in [1.807, 2.05) is 94.4 Å². The van der Waals surface area contributed by atoms with Crippen LogP contribution in [0.25, 0.3) is 0 Å². The number of hydrazine groups is 1. The Morgan fingerprint density at radius 2 is 1.47 bits per heavy atom. The minimum atomic E-state index is -1.56. The number of rotatable bonds is 20. The number of aromatic nitrogens is 1. The van der Waals surface area contributed by atoms with Gasteiger partial charge in [-0.15, -0.1) is 0 Å². The van der Waals surface area contributed by atoms with E-state index in [1.54, 1.807) is 21.1 Å². The van der Waals surface area contributed by atoms with E-state index in [2.05, 4.69) is 37.5 Å². The molecule has 5 aromatic rings. The molecule has 4 atom stereocenters. The lowest BCUT2D eigenvalue weighted by atomic mass is 9.93. The highest BCUT2D eigenvalue weighted by Crippen LogP contribution is 2.44. The number of piperazine rings is 1. The van der Waals surface area contributed by atoms with Crippen molar-refractivity contribution >= 4 is 29.4 Å². The van der Waals surface area contributed by atoms with E-state index < -0.39 is 35.3 Å². The van der Waals surface area contributed by atoms with E-state index in [-0.39, 0.29) is 37.4 Å². The number of aliphatic hydroxyl groups is 1. The molecule has 3 saturated heterocycles. The van der Waals surface area contributed by atoms with E-state index in [9.17, 15) is 14.3 Å². The molecule has 0 saturated carbocycles. The minimum absolute atomic E-state index is 0.0531. The Labute approximate surface area is 408 Å². The summed E-state index contributed by atoms with van der Waals surface area (Å²) in [6, 6.07) is 27.8. The van der Waals surface area contributed by atoms with Crippen LogP contribution in [0.2, 0.25) is 0 Å². The Hall–Kier alpha value is -6.27. The standard InChI is InChI=1S/C53H64F2N8O7/c1-37(2)63-51(64)62(39(4)53(63,65)40-11-20-45(21-12-40)66-29-9-7-5-6-8-10-47-30-38(3)58-70-47)44-16-14-42(15-17-44)59-25-27-60(28-26-59)43-18-22-46(23-19-43)67-32-50-68-34-52(69-50,33-61-36-56-35-57-61)48-24-13-41(54)31-49(48)55/h11-24,30-31,35,37,39,50,65H,5-10,25-29,32-34,36H2,1-4H3,(H,56,57)/t39?,50-,52+,53?/m0/s1. The number of carbonyl (C=O) groups is 1. The molecular weight excluding hydrogens is 899 g/mol. The summed E-state index contributed by atoms with van der Waals surface area (Å²) >= 11 is 0. The second kappa shape index (κ2) is 21.4. The lowest BCUT2D eigenvalue weighted by molar-refractivity contribution is -0.119. The van der Waals surface area contributed by atoms with Gasteiger partial charge in [0.2, 0.25) is 0 Å². The Balaban J connectivity index is 0.742. The molecule has 1 aromatic heterocycles. The molecule has 0 bridgehead atoms. The van der Waals surface area contributed by atoms with Crippen molar-refractivity contribution in [2.75, 3.05) is 73.9 Å². The van der Waals surface area contributed by atoms with Crippen LogP contribution in [0.3, 0.4) is 0 Å². The molecule has 372 valence electrons. The maximum Gasteiger partial charge on any atom is 0.327 e. The molecule has 0 aliphatic carbocycles. The molecular formula is C53H64F2N8O7. The monoisotopic (exact) mass is 962 g/mol. The van der Waals surface area contributed by atoms with Gasteiger partial charge in [-0.3, -0.25) is 14.8 Å². The molecule has 5 heterocycles. The number of benzene rings is 4.